The first kappa shape index (κ1) is 11.5. The first-order valence-corrected chi connectivity index (χ1v) is 4.96. The molecule has 82 valence electrons. The van der Waals surface area contributed by atoms with E-state index in [1.54, 1.807) is 0 Å². The average molecular weight is 202 g/mol. The quantitative estimate of drug-likeness (QED) is 0.651. The molecule has 0 spiro atoms. The third-order valence-electron chi connectivity index (χ3n) is 2.26. The lowest BCUT2D eigenvalue weighted by Crippen LogP contribution is -2.31. The number of ether oxygens (including phenoxy) is 3. The van der Waals surface area contributed by atoms with E-state index in [0.717, 1.165) is 12.8 Å². The van der Waals surface area contributed by atoms with Gasteiger partial charge in [0.1, 0.15) is 6.61 Å². The summed E-state index contributed by atoms with van der Waals surface area (Å²) in [4.78, 5) is 11.7. The molecule has 1 fully saturated rings. The molecule has 14 heavy (non-hydrogen) atoms. The smallest absolute Gasteiger partial charge is 0.313 e. The van der Waals surface area contributed by atoms with E-state index in [9.17, 15) is 4.79 Å². The van der Waals surface area contributed by atoms with E-state index in [1.165, 1.54) is 0 Å². The number of esters is 1. The van der Waals surface area contributed by atoms with Gasteiger partial charge in [-0.25, -0.2) is 0 Å². The molecule has 0 aromatic heterocycles. The van der Waals surface area contributed by atoms with Gasteiger partial charge < -0.3 is 14.2 Å². The van der Waals surface area contributed by atoms with Gasteiger partial charge in [0.25, 0.3) is 0 Å². The van der Waals surface area contributed by atoms with Gasteiger partial charge in [-0.2, -0.15) is 0 Å². The van der Waals surface area contributed by atoms with Crippen LogP contribution in [0.2, 0.25) is 0 Å². The van der Waals surface area contributed by atoms with Crippen molar-refractivity contribution < 1.29 is 19.0 Å². The standard InChI is InChI=1S/C10H18O4/c1-4-5-10(2,3)9(11)14-8-6-12-7-13-8/h8H,4-7H2,1-3H3. The van der Waals surface area contributed by atoms with Crippen LogP contribution in [-0.4, -0.2) is 25.7 Å². The highest BCUT2D eigenvalue weighted by atomic mass is 16.8. The van der Waals surface area contributed by atoms with Crippen molar-refractivity contribution in [2.24, 2.45) is 5.41 Å². The van der Waals surface area contributed by atoms with Crippen LogP contribution in [0.4, 0.5) is 0 Å². The molecule has 0 saturated carbocycles. The summed E-state index contributed by atoms with van der Waals surface area (Å²) in [5, 5.41) is 0. The molecule has 0 aliphatic carbocycles. The Labute approximate surface area is 84.5 Å². The number of carbonyl (C=O) groups excluding carboxylic acids is 1. The Bertz CT molecular complexity index is 194. The molecule has 4 heteroatoms. The van der Waals surface area contributed by atoms with E-state index in [0.29, 0.717) is 6.61 Å². The molecule has 0 aromatic carbocycles. The van der Waals surface area contributed by atoms with Gasteiger partial charge in [-0.15, -0.1) is 0 Å². The zero-order chi connectivity index (χ0) is 10.6. The SMILES string of the molecule is CCCC(C)(C)C(=O)OC1COCO1. The summed E-state index contributed by atoms with van der Waals surface area (Å²) in [7, 11) is 0. The van der Waals surface area contributed by atoms with Crippen LogP contribution < -0.4 is 0 Å². The van der Waals surface area contributed by atoms with Gasteiger partial charge >= 0.3 is 5.97 Å². The van der Waals surface area contributed by atoms with Crippen molar-refractivity contribution in [1.82, 2.24) is 0 Å². The predicted octanol–water partition coefficient (Wildman–Crippen LogP) is 1.69. The topological polar surface area (TPSA) is 44.8 Å². The number of carbonyl (C=O) groups is 1. The molecule has 1 atom stereocenters. The summed E-state index contributed by atoms with van der Waals surface area (Å²) >= 11 is 0. The van der Waals surface area contributed by atoms with Gasteiger partial charge in [-0.3, -0.25) is 4.79 Å². The van der Waals surface area contributed by atoms with Crippen LogP contribution in [0.5, 0.6) is 0 Å². The summed E-state index contributed by atoms with van der Waals surface area (Å²) in [5.41, 5.74) is -0.430. The van der Waals surface area contributed by atoms with E-state index in [-0.39, 0.29) is 12.8 Å². The molecule has 1 aliphatic heterocycles. The number of rotatable bonds is 4. The summed E-state index contributed by atoms with van der Waals surface area (Å²) < 4.78 is 15.1. The molecule has 1 rings (SSSR count). The molecule has 0 radical (unpaired) electrons. The summed E-state index contributed by atoms with van der Waals surface area (Å²) in [6, 6.07) is 0. The molecule has 0 bridgehead atoms. The molecule has 1 aliphatic rings. The van der Waals surface area contributed by atoms with E-state index >= 15 is 0 Å². The van der Waals surface area contributed by atoms with Gasteiger partial charge in [-0.1, -0.05) is 13.3 Å². The second-order valence-electron chi connectivity index (χ2n) is 4.12. The minimum Gasteiger partial charge on any atom is -0.433 e. The van der Waals surface area contributed by atoms with Gasteiger partial charge in [-0.05, 0) is 20.3 Å². The van der Waals surface area contributed by atoms with Crippen LogP contribution in [0.15, 0.2) is 0 Å². The lowest BCUT2D eigenvalue weighted by Gasteiger charge is -2.23. The fraction of sp³-hybridized carbons (Fsp3) is 0.900. The van der Waals surface area contributed by atoms with Crippen molar-refractivity contribution >= 4 is 5.97 Å². The van der Waals surface area contributed by atoms with E-state index in [2.05, 4.69) is 0 Å². The largest absolute Gasteiger partial charge is 0.433 e. The predicted molar refractivity (Wildman–Crippen MR) is 50.5 cm³/mol. The van der Waals surface area contributed by atoms with Crippen LogP contribution in [0.1, 0.15) is 33.6 Å². The van der Waals surface area contributed by atoms with Gasteiger partial charge in [0, 0.05) is 0 Å². The van der Waals surface area contributed by atoms with E-state index in [1.807, 2.05) is 20.8 Å². The first-order chi connectivity index (χ1) is 6.56. The van der Waals surface area contributed by atoms with Gasteiger partial charge in [0.05, 0.1) is 5.41 Å². The fourth-order valence-corrected chi connectivity index (χ4v) is 1.39. The lowest BCUT2D eigenvalue weighted by atomic mass is 9.88. The second kappa shape index (κ2) is 4.75. The van der Waals surface area contributed by atoms with Crippen LogP contribution in [0.3, 0.4) is 0 Å². The Morgan fingerprint density at radius 3 is 2.79 bits per heavy atom. The molecule has 0 N–H and O–H groups in total. The minimum absolute atomic E-state index is 0.213. The third-order valence-corrected chi connectivity index (χ3v) is 2.26. The molecular formula is C10H18O4. The molecule has 1 unspecified atom stereocenters. The van der Waals surface area contributed by atoms with Crippen molar-refractivity contribution in [2.75, 3.05) is 13.4 Å². The highest BCUT2D eigenvalue weighted by Crippen LogP contribution is 2.25. The monoisotopic (exact) mass is 202 g/mol. The molecule has 1 saturated heterocycles. The number of hydrogen-bond acceptors (Lipinski definition) is 4. The Kier molecular flexibility index (Phi) is 3.89. The molecule has 0 aromatic rings. The Morgan fingerprint density at radius 2 is 2.29 bits per heavy atom. The third kappa shape index (κ3) is 2.96. The number of hydrogen-bond donors (Lipinski definition) is 0. The van der Waals surface area contributed by atoms with E-state index < -0.39 is 11.7 Å². The van der Waals surface area contributed by atoms with E-state index in [4.69, 9.17) is 14.2 Å². The van der Waals surface area contributed by atoms with Crippen LogP contribution in [-0.2, 0) is 19.0 Å². The van der Waals surface area contributed by atoms with Crippen molar-refractivity contribution in [3.63, 3.8) is 0 Å². The highest BCUT2D eigenvalue weighted by molar-refractivity contribution is 5.75. The van der Waals surface area contributed by atoms with Crippen LogP contribution >= 0.6 is 0 Å². The van der Waals surface area contributed by atoms with Crippen LogP contribution in [0, 0.1) is 5.41 Å². The Hall–Kier alpha value is -0.610. The molecule has 1 heterocycles. The van der Waals surface area contributed by atoms with Crippen molar-refractivity contribution in [2.45, 2.75) is 39.9 Å². The maximum absolute atomic E-state index is 11.7. The highest BCUT2D eigenvalue weighted by Gasteiger charge is 2.31. The zero-order valence-electron chi connectivity index (χ0n) is 9.04. The Balaban J connectivity index is 2.39. The molecule has 4 nitrogen and oxygen atoms in total. The second-order valence-corrected chi connectivity index (χ2v) is 4.12. The summed E-state index contributed by atoms with van der Waals surface area (Å²) in [6.45, 7) is 6.37. The summed E-state index contributed by atoms with van der Waals surface area (Å²) in [6.07, 6.45) is 1.27. The normalized spacial score (nSPS) is 22.4. The first-order valence-electron chi connectivity index (χ1n) is 4.96. The molecular weight excluding hydrogens is 184 g/mol. The minimum atomic E-state index is -0.515. The lowest BCUT2D eigenvalue weighted by molar-refractivity contribution is -0.178. The average Bonchev–Trinajstić information content (AvgIpc) is 2.56. The van der Waals surface area contributed by atoms with Gasteiger partial charge in [0.2, 0.25) is 6.29 Å². The summed E-state index contributed by atoms with van der Waals surface area (Å²) in [5.74, 6) is -0.213. The van der Waals surface area contributed by atoms with Crippen molar-refractivity contribution in [3.8, 4) is 0 Å². The fourth-order valence-electron chi connectivity index (χ4n) is 1.39. The zero-order valence-corrected chi connectivity index (χ0v) is 9.04. The van der Waals surface area contributed by atoms with Gasteiger partial charge in [0.15, 0.2) is 6.79 Å². The van der Waals surface area contributed by atoms with Crippen molar-refractivity contribution in [3.05, 3.63) is 0 Å². The Morgan fingerprint density at radius 1 is 1.57 bits per heavy atom. The van der Waals surface area contributed by atoms with Crippen molar-refractivity contribution in [1.29, 1.82) is 0 Å². The molecule has 0 amide bonds. The van der Waals surface area contributed by atoms with Crippen LogP contribution in [0.25, 0.3) is 0 Å². The maximum atomic E-state index is 11.7. The maximum Gasteiger partial charge on any atom is 0.313 e.